The van der Waals surface area contributed by atoms with Gasteiger partial charge in [0.05, 0.1) is 23.9 Å². The first kappa shape index (κ1) is 11.4. The van der Waals surface area contributed by atoms with Crippen molar-refractivity contribution >= 4 is 17.5 Å². The van der Waals surface area contributed by atoms with Crippen LogP contribution in [0.5, 0.6) is 5.75 Å². The van der Waals surface area contributed by atoms with Crippen LogP contribution in [0.15, 0.2) is 16.8 Å². The lowest BCUT2D eigenvalue weighted by atomic mass is 10.0. The highest BCUT2D eigenvalue weighted by molar-refractivity contribution is 6.33. The zero-order valence-electron chi connectivity index (χ0n) is 10.00. The molecule has 1 heterocycles. The largest absolute Gasteiger partial charge is 0.495 e. The predicted octanol–water partition coefficient (Wildman–Crippen LogP) is 3.07. The summed E-state index contributed by atoms with van der Waals surface area (Å²) in [5, 5.41) is 4.38. The maximum atomic E-state index is 6.41. The number of hydrogen-bond acceptors (Lipinski definition) is 4. The average Bonchev–Trinajstić information content (AvgIpc) is 2.97. The van der Waals surface area contributed by atoms with Gasteiger partial charge in [-0.25, -0.2) is 0 Å². The molecular formula is C13H13ClN2O2. The van der Waals surface area contributed by atoms with Crippen LogP contribution in [0.25, 0.3) is 11.1 Å². The maximum absolute atomic E-state index is 6.41. The number of ether oxygens (including phenoxy) is 1. The number of nitrogen functional groups attached to an aromatic ring is 1. The number of fused-ring (bicyclic) bond motifs is 1. The number of nitrogens with zero attached hydrogens (tertiary/aromatic N) is 1. The molecule has 3 rings (SSSR count). The molecule has 18 heavy (non-hydrogen) atoms. The van der Waals surface area contributed by atoms with Crippen LogP contribution >= 0.6 is 11.6 Å². The summed E-state index contributed by atoms with van der Waals surface area (Å²) in [7, 11) is 1.61. The third kappa shape index (κ3) is 1.56. The van der Waals surface area contributed by atoms with Gasteiger partial charge in [-0.3, -0.25) is 0 Å². The van der Waals surface area contributed by atoms with Crippen LogP contribution in [0.1, 0.15) is 17.5 Å². The van der Waals surface area contributed by atoms with Gasteiger partial charge in [0.2, 0.25) is 5.88 Å². The van der Waals surface area contributed by atoms with E-state index in [0.29, 0.717) is 10.8 Å². The van der Waals surface area contributed by atoms with Gasteiger partial charge >= 0.3 is 0 Å². The summed E-state index contributed by atoms with van der Waals surface area (Å²) >= 11 is 6.41. The van der Waals surface area contributed by atoms with E-state index in [-0.39, 0.29) is 5.88 Å². The number of nitrogens with two attached hydrogens (primary N) is 1. The molecule has 0 fully saturated rings. The number of anilines is 1. The Labute approximate surface area is 110 Å². The quantitative estimate of drug-likeness (QED) is 0.905. The molecule has 0 saturated carbocycles. The van der Waals surface area contributed by atoms with E-state index in [2.05, 4.69) is 11.2 Å². The number of methoxy groups -OCH3 is 1. The topological polar surface area (TPSA) is 61.3 Å². The average molecular weight is 265 g/mol. The van der Waals surface area contributed by atoms with Gasteiger partial charge in [0.25, 0.3) is 0 Å². The summed E-state index contributed by atoms with van der Waals surface area (Å²) < 4.78 is 10.3. The minimum Gasteiger partial charge on any atom is -0.495 e. The van der Waals surface area contributed by atoms with Crippen molar-refractivity contribution in [3.05, 3.63) is 28.4 Å². The molecule has 1 aliphatic rings. The second kappa shape index (κ2) is 4.21. The Bertz CT molecular complexity index is 607. The Balaban J connectivity index is 2.27. The van der Waals surface area contributed by atoms with Gasteiger partial charge < -0.3 is 15.0 Å². The van der Waals surface area contributed by atoms with Gasteiger partial charge in [0, 0.05) is 5.56 Å². The first-order chi connectivity index (χ1) is 8.72. The number of benzene rings is 1. The van der Waals surface area contributed by atoms with Crippen LogP contribution in [0.3, 0.4) is 0 Å². The molecule has 0 unspecified atom stereocenters. The minimum atomic E-state index is 0.280. The molecule has 2 N–H and O–H groups in total. The van der Waals surface area contributed by atoms with Crippen molar-refractivity contribution in [3.63, 3.8) is 0 Å². The summed E-state index contributed by atoms with van der Waals surface area (Å²) in [6, 6.07) is 2.08. The summed E-state index contributed by atoms with van der Waals surface area (Å²) in [6.45, 7) is 0. The van der Waals surface area contributed by atoms with Gasteiger partial charge in [0.1, 0.15) is 5.75 Å². The second-order valence-electron chi connectivity index (χ2n) is 4.37. The van der Waals surface area contributed by atoms with Gasteiger partial charge in [-0.05, 0) is 36.5 Å². The van der Waals surface area contributed by atoms with Gasteiger partial charge in [-0.15, -0.1) is 0 Å². The molecule has 5 heteroatoms. The molecule has 0 spiro atoms. The molecule has 4 nitrogen and oxygen atoms in total. The summed E-state index contributed by atoms with van der Waals surface area (Å²) in [4.78, 5) is 0. The van der Waals surface area contributed by atoms with E-state index >= 15 is 0 Å². The number of hydrogen-bond donors (Lipinski definition) is 1. The lowest BCUT2D eigenvalue weighted by Gasteiger charge is -2.13. The third-order valence-corrected chi connectivity index (χ3v) is 3.78. The normalized spacial score (nSPS) is 13.7. The van der Waals surface area contributed by atoms with Crippen LogP contribution < -0.4 is 10.5 Å². The molecule has 1 aliphatic carbocycles. The van der Waals surface area contributed by atoms with Gasteiger partial charge in [0.15, 0.2) is 0 Å². The Morgan fingerprint density at radius 3 is 2.89 bits per heavy atom. The molecule has 0 bridgehead atoms. The number of rotatable bonds is 2. The number of aryl methyl sites for hydroxylation is 1. The first-order valence-corrected chi connectivity index (χ1v) is 6.19. The van der Waals surface area contributed by atoms with E-state index in [1.54, 1.807) is 13.3 Å². The number of aromatic nitrogens is 1. The van der Waals surface area contributed by atoms with E-state index in [9.17, 15) is 0 Å². The van der Waals surface area contributed by atoms with E-state index in [0.717, 1.165) is 30.4 Å². The van der Waals surface area contributed by atoms with Crippen molar-refractivity contribution in [2.24, 2.45) is 0 Å². The van der Waals surface area contributed by atoms with E-state index in [4.69, 9.17) is 26.6 Å². The highest BCUT2D eigenvalue weighted by atomic mass is 35.5. The monoisotopic (exact) mass is 264 g/mol. The molecular weight excluding hydrogens is 252 g/mol. The highest BCUT2D eigenvalue weighted by Gasteiger charge is 2.23. The molecule has 0 saturated heterocycles. The Kier molecular flexibility index (Phi) is 2.67. The van der Waals surface area contributed by atoms with Gasteiger partial charge in [-0.1, -0.05) is 16.8 Å². The van der Waals surface area contributed by atoms with E-state index in [1.807, 2.05) is 0 Å². The minimum absolute atomic E-state index is 0.280. The third-order valence-electron chi connectivity index (χ3n) is 3.38. The molecule has 0 atom stereocenters. The zero-order valence-corrected chi connectivity index (χ0v) is 10.8. The maximum Gasteiger partial charge on any atom is 0.230 e. The fourth-order valence-corrected chi connectivity index (χ4v) is 2.92. The van der Waals surface area contributed by atoms with E-state index in [1.165, 1.54) is 11.1 Å². The van der Waals surface area contributed by atoms with Crippen molar-refractivity contribution in [2.75, 3.05) is 12.8 Å². The standard InChI is InChI=1S/C13H13ClN2O2/c1-17-12-9(10-6-16-18-13(10)15)5-7-3-2-4-8(7)11(12)14/h5-6H,2-4,15H2,1H3. The zero-order chi connectivity index (χ0) is 12.7. The van der Waals surface area contributed by atoms with Crippen molar-refractivity contribution < 1.29 is 9.26 Å². The SMILES string of the molecule is COc1c(-c2cnoc2N)cc2c(c1Cl)CCC2. The summed E-state index contributed by atoms with van der Waals surface area (Å²) in [6.07, 6.45) is 4.76. The summed E-state index contributed by atoms with van der Waals surface area (Å²) in [5.41, 5.74) is 9.79. The van der Waals surface area contributed by atoms with Crippen LogP contribution in [0.4, 0.5) is 5.88 Å². The second-order valence-corrected chi connectivity index (χ2v) is 4.74. The van der Waals surface area contributed by atoms with E-state index < -0.39 is 0 Å². The lowest BCUT2D eigenvalue weighted by molar-refractivity contribution is 0.416. The fraction of sp³-hybridized carbons (Fsp3) is 0.308. The molecule has 0 aliphatic heterocycles. The van der Waals surface area contributed by atoms with Crippen molar-refractivity contribution in [1.29, 1.82) is 0 Å². The van der Waals surface area contributed by atoms with Crippen molar-refractivity contribution in [1.82, 2.24) is 5.16 Å². The molecule has 1 aromatic carbocycles. The van der Waals surface area contributed by atoms with Gasteiger partial charge in [-0.2, -0.15) is 0 Å². The molecule has 0 amide bonds. The molecule has 0 radical (unpaired) electrons. The van der Waals surface area contributed by atoms with Crippen LogP contribution in [-0.4, -0.2) is 12.3 Å². The Morgan fingerprint density at radius 1 is 1.39 bits per heavy atom. The molecule has 94 valence electrons. The first-order valence-electron chi connectivity index (χ1n) is 5.81. The van der Waals surface area contributed by atoms with Crippen molar-refractivity contribution in [3.8, 4) is 16.9 Å². The smallest absolute Gasteiger partial charge is 0.230 e. The number of halogens is 1. The Morgan fingerprint density at radius 2 is 2.22 bits per heavy atom. The van der Waals surface area contributed by atoms with Crippen molar-refractivity contribution in [2.45, 2.75) is 19.3 Å². The summed E-state index contributed by atoms with van der Waals surface area (Å²) in [5.74, 6) is 0.925. The Hall–Kier alpha value is -1.68. The van der Waals surface area contributed by atoms with Crippen LogP contribution in [0.2, 0.25) is 5.02 Å². The molecule has 1 aromatic heterocycles. The van der Waals surface area contributed by atoms with Crippen LogP contribution in [0, 0.1) is 0 Å². The predicted molar refractivity (Wildman–Crippen MR) is 69.9 cm³/mol. The fourth-order valence-electron chi connectivity index (χ4n) is 2.52. The molecule has 2 aromatic rings. The highest BCUT2D eigenvalue weighted by Crippen LogP contribution is 2.44. The lowest BCUT2D eigenvalue weighted by Crippen LogP contribution is -1.95. The van der Waals surface area contributed by atoms with Crippen LogP contribution in [-0.2, 0) is 12.8 Å².